The zero-order valence-corrected chi connectivity index (χ0v) is 9.28. The minimum Gasteiger partial charge on any atom is -0.396 e. The molecule has 1 atom stereocenters. The molecule has 1 unspecified atom stereocenters. The first kappa shape index (κ1) is 11.3. The van der Waals surface area contributed by atoms with Crippen molar-refractivity contribution in [2.24, 2.45) is 5.41 Å². The number of hydrogen-bond donors (Lipinski definition) is 1. The molecule has 0 aromatic carbocycles. The van der Waals surface area contributed by atoms with Crippen LogP contribution >= 0.6 is 0 Å². The van der Waals surface area contributed by atoms with Gasteiger partial charge in [-0.1, -0.05) is 0 Å². The summed E-state index contributed by atoms with van der Waals surface area (Å²) in [5.74, 6) is 0. The summed E-state index contributed by atoms with van der Waals surface area (Å²) in [6.07, 6.45) is 2.16. The zero-order chi connectivity index (χ0) is 10.6. The molecule has 4 heteroatoms. The fourth-order valence-electron chi connectivity index (χ4n) is 2.44. The topological polar surface area (TPSA) is 41.9 Å². The maximum absolute atomic E-state index is 9.53. The summed E-state index contributed by atoms with van der Waals surface area (Å²) in [5, 5.41) is 9.53. The van der Waals surface area contributed by atoms with Gasteiger partial charge in [-0.25, -0.2) is 0 Å². The Morgan fingerprint density at radius 3 is 2.53 bits per heavy atom. The summed E-state index contributed by atoms with van der Waals surface area (Å²) >= 11 is 0. The molecule has 0 aromatic rings. The number of nitrogens with zero attached hydrogens (tertiary/aromatic N) is 1. The van der Waals surface area contributed by atoms with Gasteiger partial charge in [0.05, 0.1) is 26.4 Å². The average Bonchev–Trinajstić information content (AvgIpc) is 2.32. The lowest BCUT2D eigenvalue weighted by Crippen LogP contribution is -2.48. The monoisotopic (exact) mass is 215 g/mol. The third kappa shape index (κ3) is 2.91. The minimum absolute atomic E-state index is 0.0183. The molecule has 4 nitrogen and oxygen atoms in total. The lowest BCUT2D eigenvalue weighted by Gasteiger charge is -2.40. The predicted octanol–water partition coefficient (Wildman–Crippen LogP) is 0.108. The molecule has 2 fully saturated rings. The largest absolute Gasteiger partial charge is 0.396 e. The maximum atomic E-state index is 9.53. The first-order chi connectivity index (χ1) is 7.35. The fourth-order valence-corrected chi connectivity index (χ4v) is 2.44. The van der Waals surface area contributed by atoms with E-state index in [-0.39, 0.29) is 12.0 Å². The molecule has 0 saturated carbocycles. The number of hydrogen-bond acceptors (Lipinski definition) is 4. The van der Waals surface area contributed by atoms with Crippen molar-refractivity contribution >= 4 is 0 Å². The van der Waals surface area contributed by atoms with E-state index in [0.29, 0.717) is 6.61 Å². The van der Waals surface area contributed by atoms with Crippen molar-refractivity contribution < 1.29 is 14.6 Å². The Labute approximate surface area is 91.2 Å². The summed E-state index contributed by atoms with van der Waals surface area (Å²) in [4.78, 5) is 2.38. The van der Waals surface area contributed by atoms with E-state index in [1.165, 1.54) is 0 Å². The number of ether oxygens (including phenoxy) is 2. The van der Waals surface area contributed by atoms with Crippen LogP contribution < -0.4 is 0 Å². The van der Waals surface area contributed by atoms with Gasteiger partial charge in [-0.3, -0.25) is 4.90 Å². The van der Waals surface area contributed by atoms with Crippen molar-refractivity contribution in [1.29, 1.82) is 0 Å². The van der Waals surface area contributed by atoms with E-state index in [4.69, 9.17) is 9.47 Å². The second-order valence-electron chi connectivity index (χ2n) is 4.70. The van der Waals surface area contributed by atoms with Crippen LogP contribution in [-0.2, 0) is 9.47 Å². The highest BCUT2D eigenvalue weighted by Crippen LogP contribution is 2.29. The van der Waals surface area contributed by atoms with Crippen molar-refractivity contribution in [3.8, 4) is 0 Å². The van der Waals surface area contributed by atoms with Gasteiger partial charge < -0.3 is 14.6 Å². The van der Waals surface area contributed by atoms with Crippen molar-refractivity contribution in [2.75, 3.05) is 52.7 Å². The summed E-state index contributed by atoms with van der Waals surface area (Å²) in [7, 11) is 0. The van der Waals surface area contributed by atoms with Crippen LogP contribution in [0.15, 0.2) is 0 Å². The number of aliphatic hydroxyl groups is 1. The van der Waals surface area contributed by atoms with Gasteiger partial charge in [-0.2, -0.15) is 0 Å². The zero-order valence-electron chi connectivity index (χ0n) is 9.28. The van der Waals surface area contributed by atoms with Crippen molar-refractivity contribution in [3.05, 3.63) is 0 Å². The Hall–Kier alpha value is -0.160. The van der Waals surface area contributed by atoms with Crippen molar-refractivity contribution in [3.63, 3.8) is 0 Å². The van der Waals surface area contributed by atoms with E-state index in [1.54, 1.807) is 0 Å². The predicted molar refractivity (Wildman–Crippen MR) is 56.8 cm³/mol. The SMILES string of the molecule is OCC1(CN2CCOCC2)CCCOC1. The van der Waals surface area contributed by atoms with Gasteiger partial charge in [0.15, 0.2) is 0 Å². The molecule has 0 spiro atoms. The average molecular weight is 215 g/mol. The Morgan fingerprint density at radius 1 is 1.13 bits per heavy atom. The van der Waals surface area contributed by atoms with Gasteiger partial charge in [-0.15, -0.1) is 0 Å². The van der Waals surface area contributed by atoms with E-state index in [1.807, 2.05) is 0 Å². The van der Waals surface area contributed by atoms with Crippen molar-refractivity contribution in [2.45, 2.75) is 12.8 Å². The molecule has 0 bridgehead atoms. The molecule has 2 saturated heterocycles. The second kappa shape index (κ2) is 5.25. The van der Waals surface area contributed by atoms with Crippen LogP contribution in [0.3, 0.4) is 0 Å². The third-order valence-corrected chi connectivity index (χ3v) is 3.40. The molecule has 2 aliphatic heterocycles. The minimum atomic E-state index is -0.0183. The summed E-state index contributed by atoms with van der Waals surface area (Å²) in [5.41, 5.74) is -0.0183. The molecule has 15 heavy (non-hydrogen) atoms. The standard InChI is InChI=1S/C11H21NO3/c13-9-11(2-1-5-15-10-11)8-12-3-6-14-7-4-12/h13H,1-10H2. The lowest BCUT2D eigenvalue weighted by atomic mass is 9.82. The van der Waals surface area contributed by atoms with E-state index in [9.17, 15) is 5.11 Å². The highest BCUT2D eigenvalue weighted by atomic mass is 16.5. The summed E-state index contributed by atoms with van der Waals surface area (Å²) in [6, 6.07) is 0. The molecular weight excluding hydrogens is 194 g/mol. The molecule has 88 valence electrons. The molecule has 2 aliphatic rings. The van der Waals surface area contributed by atoms with Crippen LogP contribution in [0.1, 0.15) is 12.8 Å². The summed E-state index contributed by atoms with van der Waals surface area (Å²) in [6.45, 7) is 6.37. The van der Waals surface area contributed by atoms with Gasteiger partial charge in [0.1, 0.15) is 0 Å². The first-order valence-electron chi connectivity index (χ1n) is 5.83. The Balaban J connectivity index is 1.87. The molecule has 1 N–H and O–H groups in total. The van der Waals surface area contributed by atoms with Crippen LogP contribution in [0.5, 0.6) is 0 Å². The van der Waals surface area contributed by atoms with Crippen LogP contribution in [0, 0.1) is 5.41 Å². The molecule has 2 heterocycles. The highest BCUT2D eigenvalue weighted by molar-refractivity contribution is 4.85. The van der Waals surface area contributed by atoms with Crippen LogP contribution in [0.25, 0.3) is 0 Å². The molecule has 0 radical (unpaired) electrons. The molecule has 0 aliphatic carbocycles. The van der Waals surface area contributed by atoms with Gasteiger partial charge >= 0.3 is 0 Å². The Bertz CT molecular complexity index is 186. The maximum Gasteiger partial charge on any atom is 0.0594 e. The number of aliphatic hydroxyl groups excluding tert-OH is 1. The van der Waals surface area contributed by atoms with Gasteiger partial charge in [0.25, 0.3) is 0 Å². The quantitative estimate of drug-likeness (QED) is 0.725. The molecular formula is C11H21NO3. The highest BCUT2D eigenvalue weighted by Gasteiger charge is 2.34. The summed E-state index contributed by atoms with van der Waals surface area (Å²) < 4.78 is 10.8. The third-order valence-electron chi connectivity index (χ3n) is 3.40. The normalized spacial score (nSPS) is 34.2. The fraction of sp³-hybridized carbons (Fsp3) is 1.00. The Kier molecular flexibility index (Phi) is 3.97. The van der Waals surface area contributed by atoms with Crippen LogP contribution in [0.4, 0.5) is 0 Å². The number of rotatable bonds is 3. The molecule has 2 rings (SSSR count). The van der Waals surface area contributed by atoms with E-state index >= 15 is 0 Å². The molecule has 0 aromatic heterocycles. The van der Waals surface area contributed by atoms with E-state index in [2.05, 4.69) is 4.90 Å². The van der Waals surface area contributed by atoms with Gasteiger partial charge in [-0.05, 0) is 12.8 Å². The van der Waals surface area contributed by atoms with E-state index < -0.39 is 0 Å². The second-order valence-corrected chi connectivity index (χ2v) is 4.70. The van der Waals surface area contributed by atoms with Gasteiger partial charge in [0, 0.05) is 31.7 Å². The van der Waals surface area contributed by atoms with Crippen LogP contribution in [0.2, 0.25) is 0 Å². The smallest absolute Gasteiger partial charge is 0.0594 e. The molecule has 0 amide bonds. The number of morpholine rings is 1. The van der Waals surface area contributed by atoms with E-state index in [0.717, 1.165) is 52.3 Å². The van der Waals surface area contributed by atoms with Gasteiger partial charge in [0.2, 0.25) is 0 Å². The lowest BCUT2D eigenvalue weighted by molar-refractivity contribution is -0.0688. The van der Waals surface area contributed by atoms with Crippen LogP contribution in [-0.4, -0.2) is 62.7 Å². The first-order valence-corrected chi connectivity index (χ1v) is 5.83. The Morgan fingerprint density at radius 2 is 1.93 bits per heavy atom. The van der Waals surface area contributed by atoms with Crippen molar-refractivity contribution in [1.82, 2.24) is 4.90 Å².